The number of ether oxygens (including phenoxy) is 3. The average Bonchev–Trinajstić information content (AvgIpc) is 2.58. The Morgan fingerprint density at radius 2 is 1.67 bits per heavy atom. The number of unbranched alkanes of at least 4 members (excludes halogenated alkanes) is 1. The van der Waals surface area contributed by atoms with E-state index in [4.69, 9.17) is 25.8 Å². The van der Waals surface area contributed by atoms with Gasteiger partial charge in [0, 0.05) is 30.8 Å². The van der Waals surface area contributed by atoms with Crippen molar-refractivity contribution in [1.82, 2.24) is 5.32 Å². The van der Waals surface area contributed by atoms with Crippen molar-refractivity contribution in [3.63, 3.8) is 0 Å². The van der Waals surface area contributed by atoms with Crippen LogP contribution >= 0.6 is 11.6 Å². The van der Waals surface area contributed by atoms with E-state index in [1.165, 1.54) is 6.42 Å². The molecule has 24 heavy (non-hydrogen) atoms. The lowest BCUT2D eigenvalue weighted by Crippen LogP contribution is -2.17. The maximum Gasteiger partial charge on any atom is 0.162 e. The Morgan fingerprint density at radius 1 is 0.917 bits per heavy atom. The summed E-state index contributed by atoms with van der Waals surface area (Å²) >= 11 is 6.38. The minimum absolute atomic E-state index is 0.603. The van der Waals surface area contributed by atoms with Gasteiger partial charge >= 0.3 is 0 Å². The Balaban J connectivity index is 2.45. The maximum absolute atomic E-state index is 6.38. The molecule has 0 aromatic heterocycles. The van der Waals surface area contributed by atoms with E-state index in [1.54, 1.807) is 0 Å². The molecule has 0 saturated heterocycles. The van der Waals surface area contributed by atoms with Gasteiger partial charge in [-0.05, 0) is 44.4 Å². The second kappa shape index (κ2) is 13.3. The van der Waals surface area contributed by atoms with Crippen LogP contribution in [0, 0.1) is 0 Å². The molecule has 1 aromatic rings. The van der Waals surface area contributed by atoms with Crippen LogP contribution in [0.1, 0.15) is 52.0 Å². The van der Waals surface area contributed by atoms with Crippen LogP contribution in [-0.2, 0) is 11.3 Å². The van der Waals surface area contributed by atoms with Crippen LogP contribution in [0.5, 0.6) is 11.5 Å². The molecule has 0 radical (unpaired) electrons. The number of halogens is 1. The molecule has 0 aliphatic heterocycles. The van der Waals surface area contributed by atoms with E-state index in [-0.39, 0.29) is 0 Å². The molecule has 138 valence electrons. The number of rotatable bonds is 14. The first-order valence-electron chi connectivity index (χ1n) is 9.09. The average molecular weight is 358 g/mol. The molecule has 0 fully saturated rings. The van der Waals surface area contributed by atoms with Gasteiger partial charge in [-0.3, -0.25) is 0 Å². The van der Waals surface area contributed by atoms with Crippen LogP contribution in [0.4, 0.5) is 0 Å². The van der Waals surface area contributed by atoms with Gasteiger partial charge in [0.2, 0.25) is 0 Å². The lowest BCUT2D eigenvalue weighted by Gasteiger charge is -2.15. The summed E-state index contributed by atoms with van der Waals surface area (Å²) in [6, 6.07) is 3.83. The molecule has 0 saturated carbocycles. The Hall–Kier alpha value is -0.970. The molecule has 1 N–H and O–H groups in total. The fourth-order valence-corrected chi connectivity index (χ4v) is 2.40. The van der Waals surface area contributed by atoms with Crippen LogP contribution in [0.15, 0.2) is 12.1 Å². The van der Waals surface area contributed by atoms with Crippen molar-refractivity contribution < 1.29 is 14.2 Å². The van der Waals surface area contributed by atoms with Gasteiger partial charge in [0.25, 0.3) is 0 Å². The molecule has 0 aliphatic rings. The standard InChI is InChI=1S/C19H32ClNO3/c1-4-7-11-22-12-8-9-21-15-16-13-18(23-6-3)19(14-17(16)20)24-10-5-2/h13-14,21H,4-12,15H2,1-3H3. The SMILES string of the molecule is CCCCOCCCNCc1cc(OCC)c(OCCC)cc1Cl. The Morgan fingerprint density at radius 3 is 2.38 bits per heavy atom. The van der Waals surface area contributed by atoms with Gasteiger partial charge in [-0.25, -0.2) is 0 Å². The van der Waals surface area contributed by atoms with Gasteiger partial charge in [-0.2, -0.15) is 0 Å². The topological polar surface area (TPSA) is 39.7 Å². The molecule has 0 heterocycles. The molecule has 0 aliphatic carbocycles. The van der Waals surface area contributed by atoms with Gasteiger partial charge in [0.15, 0.2) is 11.5 Å². The van der Waals surface area contributed by atoms with Crippen molar-refractivity contribution in [3.8, 4) is 11.5 Å². The van der Waals surface area contributed by atoms with Gasteiger partial charge in [0.1, 0.15) is 0 Å². The van der Waals surface area contributed by atoms with Crippen LogP contribution in [0.3, 0.4) is 0 Å². The smallest absolute Gasteiger partial charge is 0.162 e. The Kier molecular flexibility index (Phi) is 11.7. The summed E-state index contributed by atoms with van der Waals surface area (Å²) in [6.45, 7) is 10.7. The van der Waals surface area contributed by atoms with E-state index in [9.17, 15) is 0 Å². The highest BCUT2D eigenvalue weighted by molar-refractivity contribution is 6.31. The first-order chi connectivity index (χ1) is 11.7. The normalized spacial score (nSPS) is 10.8. The lowest BCUT2D eigenvalue weighted by atomic mass is 10.2. The zero-order chi connectivity index (χ0) is 17.6. The van der Waals surface area contributed by atoms with Crippen LogP contribution in [0.25, 0.3) is 0 Å². The molecule has 0 amide bonds. The van der Waals surface area contributed by atoms with E-state index in [0.717, 1.165) is 56.1 Å². The summed E-state index contributed by atoms with van der Waals surface area (Å²) in [7, 11) is 0. The van der Waals surface area contributed by atoms with Gasteiger partial charge in [-0.15, -0.1) is 0 Å². The highest BCUT2D eigenvalue weighted by Crippen LogP contribution is 2.33. The Labute approximate surface area is 151 Å². The van der Waals surface area contributed by atoms with Gasteiger partial charge in [0.05, 0.1) is 13.2 Å². The molecule has 0 unspecified atom stereocenters. The first kappa shape index (κ1) is 21.1. The number of hydrogen-bond acceptors (Lipinski definition) is 4. The minimum atomic E-state index is 0.603. The molecule has 4 nitrogen and oxygen atoms in total. The molecule has 1 aromatic carbocycles. The lowest BCUT2D eigenvalue weighted by molar-refractivity contribution is 0.129. The van der Waals surface area contributed by atoms with Crippen LogP contribution in [-0.4, -0.2) is 33.0 Å². The third-order valence-corrected chi connectivity index (χ3v) is 3.83. The van der Waals surface area contributed by atoms with Gasteiger partial charge in [-0.1, -0.05) is 31.9 Å². The summed E-state index contributed by atoms with van der Waals surface area (Å²) in [5, 5.41) is 4.11. The number of hydrogen-bond donors (Lipinski definition) is 1. The zero-order valence-electron chi connectivity index (χ0n) is 15.3. The van der Waals surface area contributed by atoms with Gasteiger partial charge < -0.3 is 19.5 Å². The van der Waals surface area contributed by atoms with E-state index >= 15 is 0 Å². The fourth-order valence-electron chi connectivity index (χ4n) is 2.18. The first-order valence-corrected chi connectivity index (χ1v) is 9.47. The van der Waals surface area contributed by atoms with Crippen molar-refractivity contribution in [2.45, 2.75) is 53.0 Å². The number of nitrogens with one attached hydrogen (secondary N) is 1. The summed E-state index contributed by atoms with van der Waals surface area (Å²) in [5.41, 5.74) is 1.02. The summed E-state index contributed by atoms with van der Waals surface area (Å²) < 4.78 is 17.0. The molecule has 1 rings (SSSR count). The molecule has 5 heteroatoms. The zero-order valence-corrected chi connectivity index (χ0v) is 16.1. The van der Waals surface area contributed by atoms with E-state index in [2.05, 4.69) is 19.2 Å². The Bertz CT molecular complexity index is 454. The predicted octanol–water partition coefficient (Wildman–Crippen LogP) is 4.82. The van der Waals surface area contributed by atoms with Crippen LogP contribution in [0.2, 0.25) is 5.02 Å². The molecular formula is C19H32ClNO3. The summed E-state index contributed by atoms with van der Waals surface area (Å²) in [4.78, 5) is 0. The number of benzene rings is 1. The van der Waals surface area contributed by atoms with Crippen molar-refractivity contribution in [3.05, 3.63) is 22.7 Å². The van der Waals surface area contributed by atoms with Crippen LogP contribution < -0.4 is 14.8 Å². The summed E-state index contributed by atoms with van der Waals surface area (Å²) in [6.07, 6.45) is 4.26. The monoisotopic (exact) mass is 357 g/mol. The van der Waals surface area contributed by atoms with Crippen molar-refractivity contribution in [2.24, 2.45) is 0 Å². The predicted molar refractivity (Wildman–Crippen MR) is 100 cm³/mol. The second-order valence-corrected chi connectivity index (χ2v) is 6.08. The molecule has 0 atom stereocenters. The largest absolute Gasteiger partial charge is 0.490 e. The van der Waals surface area contributed by atoms with Crippen molar-refractivity contribution >= 4 is 11.6 Å². The van der Waals surface area contributed by atoms with E-state index < -0.39 is 0 Å². The minimum Gasteiger partial charge on any atom is -0.490 e. The van der Waals surface area contributed by atoms with Crippen molar-refractivity contribution in [1.29, 1.82) is 0 Å². The second-order valence-electron chi connectivity index (χ2n) is 5.67. The third-order valence-electron chi connectivity index (χ3n) is 3.47. The van der Waals surface area contributed by atoms with E-state index in [0.29, 0.717) is 24.8 Å². The molecular weight excluding hydrogens is 326 g/mol. The molecule has 0 spiro atoms. The summed E-state index contributed by atoms with van der Waals surface area (Å²) in [5.74, 6) is 1.48. The quantitative estimate of drug-likeness (QED) is 0.484. The highest BCUT2D eigenvalue weighted by atomic mass is 35.5. The van der Waals surface area contributed by atoms with E-state index in [1.807, 2.05) is 19.1 Å². The fraction of sp³-hybridized carbons (Fsp3) is 0.684. The highest BCUT2D eigenvalue weighted by Gasteiger charge is 2.11. The molecule has 0 bridgehead atoms. The third kappa shape index (κ3) is 8.22. The maximum atomic E-state index is 6.38. The van der Waals surface area contributed by atoms with Crippen molar-refractivity contribution in [2.75, 3.05) is 33.0 Å².